The van der Waals surface area contributed by atoms with Crippen molar-refractivity contribution in [3.63, 3.8) is 0 Å². The normalized spacial score (nSPS) is 23.6. The highest BCUT2D eigenvalue weighted by Crippen LogP contribution is 2.55. The van der Waals surface area contributed by atoms with Crippen LogP contribution in [-0.4, -0.2) is 28.5 Å². The predicted octanol–water partition coefficient (Wildman–Crippen LogP) is 4.21. The number of nitrogens with one attached hydrogen (secondary N) is 1. The summed E-state index contributed by atoms with van der Waals surface area (Å²) < 4.78 is 2.35. The zero-order valence-electron chi connectivity index (χ0n) is 17.0. The number of hydrogen-bond donors (Lipinski definition) is 1. The Labute approximate surface area is 166 Å². The second kappa shape index (κ2) is 7.01. The molecule has 2 aromatic rings. The van der Waals surface area contributed by atoms with Gasteiger partial charge in [0.25, 0.3) is 0 Å². The molecule has 1 aromatic carbocycles. The van der Waals surface area contributed by atoms with Crippen LogP contribution in [0.3, 0.4) is 0 Å². The molecule has 3 heterocycles. The molecule has 2 aliphatic rings. The third-order valence-electron chi connectivity index (χ3n) is 6.56. The molecule has 4 rings (SSSR count). The van der Waals surface area contributed by atoms with Gasteiger partial charge in [-0.1, -0.05) is 31.2 Å². The first-order chi connectivity index (χ1) is 13.5. The van der Waals surface area contributed by atoms with Gasteiger partial charge in [0.05, 0.1) is 17.3 Å². The minimum atomic E-state index is -0.00874. The largest absolute Gasteiger partial charge is 0.356 e. The molecule has 2 aliphatic heterocycles. The Morgan fingerprint density at radius 2 is 2.18 bits per heavy atom. The minimum absolute atomic E-state index is 0.00678. The summed E-state index contributed by atoms with van der Waals surface area (Å²) in [6, 6.07) is 8.54. The number of nitrogens with zero attached hydrogens (tertiary/aromatic N) is 3. The molecule has 146 valence electrons. The van der Waals surface area contributed by atoms with E-state index >= 15 is 0 Å². The molecule has 1 N–H and O–H groups in total. The molecular weight excluding hydrogens is 348 g/mol. The summed E-state index contributed by atoms with van der Waals surface area (Å²) in [4.78, 5) is 13.4. The summed E-state index contributed by atoms with van der Waals surface area (Å²) in [5.74, 6) is -0.00678. The van der Waals surface area contributed by atoms with Gasteiger partial charge in [-0.3, -0.25) is 4.79 Å². The quantitative estimate of drug-likeness (QED) is 0.813. The smallest absolute Gasteiger partial charge is 0.216 e. The highest BCUT2D eigenvalue weighted by Gasteiger charge is 2.48. The minimum Gasteiger partial charge on any atom is -0.356 e. The van der Waals surface area contributed by atoms with Gasteiger partial charge in [0.15, 0.2) is 6.19 Å². The lowest BCUT2D eigenvalue weighted by molar-refractivity contribution is -0.118. The fourth-order valence-corrected chi connectivity index (χ4v) is 5.41. The molecule has 1 fully saturated rings. The number of aromatic nitrogens is 1. The first-order valence-corrected chi connectivity index (χ1v) is 10.2. The monoisotopic (exact) mass is 376 g/mol. The van der Waals surface area contributed by atoms with Crippen LogP contribution in [0, 0.1) is 16.9 Å². The number of hydrogen-bond acceptors (Lipinski definition) is 3. The lowest BCUT2D eigenvalue weighted by Crippen LogP contribution is -2.46. The van der Waals surface area contributed by atoms with Crippen molar-refractivity contribution in [1.82, 2.24) is 14.8 Å². The van der Waals surface area contributed by atoms with Gasteiger partial charge < -0.3 is 14.8 Å². The van der Waals surface area contributed by atoms with Crippen molar-refractivity contribution in [2.24, 2.45) is 5.41 Å². The van der Waals surface area contributed by atoms with E-state index in [0.29, 0.717) is 6.54 Å². The van der Waals surface area contributed by atoms with E-state index in [1.807, 2.05) is 4.90 Å². The highest BCUT2D eigenvalue weighted by molar-refractivity contribution is 5.89. The highest BCUT2D eigenvalue weighted by atomic mass is 16.1. The summed E-state index contributed by atoms with van der Waals surface area (Å²) in [6.07, 6.45) is 8.83. The average Bonchev–Trinajstić information content (AvgIpc) is 3.02. The lowest BCUT2D eigenvalue weighted by Gasteiger charge is -2.49. The van der Waals surface area contributed by atoms with Gasteiger partial charge in [-0.05, 0) is 44.2 Å². The number of allylic oxidation sites excluding steroid dienone is 1. The second-order valence-electron chi connectivity index (χ2n) is 8.12. The first kappa shape index (κ1) is 18.6. The summed E-state index contributed by atoms with van der Waals surface area (Å²) in [5.41, 5.74) is 4.94. The molecule has 1 aromatic heterocycles. The number of carbonyl (C=O) groups is 1. The Balaban J connectivity index is 1.96. The van der Waals surface area contributed by atoms with E-state index < -0.39 is 0 Å². The van der Waals surface area contributed by atoms with Gasteiger partial charge in [-0.2, -0.15) is 5.26 Å². The average molecular weight is 377 g/mol. The summed E-state index contributed by atoms with van der Waals surface area (Å²) >= 11 is 0. The van der Waals surface area contributed by atoms with Crippen LogP contribution in [0.5, 0.6) is 0 Å². The fraction of sp³-hybridized carbons (Fsp3) is 0.478. The van der Waals surface area contributed by atoms with Crippen LogP contribution in [0.4, 0.5) is 0 Å². The number of piperidine rings is 1. The van der Waals surface area contributed by atoms with Crippen molar-refractivity contribution in [3.8, 4) is 6.19 Å². The number of nitriles is 1. The van der Waals surface area contributed by atoms with E-state index in [-0.39, 0.29) is 17.4 Å². The maximum Gasteiger partial charge on any atom is 0.216 e. The second-order valence-corrected chi connectivity index (χ2v) is 8.12. The number of likely N-dealkylation sites (tertiary alicyclic amines) is 1. The van der Waals surface area contributed by atoms with E-state index in [1.54, 1.807) is 6.92 Å². The Morgan fingerprint density at radius 3 is 2.89 bits per heavy atom. The fourth-order valence-electron chi connectivity index (χ4n) is 5.41. The Hall–Kier alpha value is -2.74. The van der Waals surface area contributed by atoms with Gasteiger partial charge in [0.2, 0.25) is 5.91 Å². The topological polar surface area (TPSA) is 61.1 Å². The van der Waals surface area contributed by atoms with Gasteiger partial charge >= 0.3 is 0 Å². The molecule has 28 heavy (non-hydrogen) atoms. The standard InChI is InChI=1S/C23H28N4O/c1-4-23-11-7-13-26(15-24)22(23)21-19(10-12-25-17(3)28)18-8-5-6-9-20(18)27(21)16(2)14-23/h5-6,8-9,14,22H,4,7,10-13H2,1-3H3,(H,25,28)/t22-,23+/m1/s1. The van der Waals surface area contributed by atoms with Crippen molar-refractivity contribution >= 4 is 22.5 Å². The molecule has 0 aliphatic carbocycles. The predicted molar refractivity (Wildman–Crippen MR) is 111 cm³/mol. The van der Waals surface area contributed by atoms with E-state index in [9.17, 15) is 10.1 Å². The van der Waals surface area contributed by atoms with Crippen molar-refractivity contribution < 1.29 is 4.79 Å². The van der Waals surface area contributed by atoms with Crippen LogP contribution in [0.1, 0.15) is 57.3 Å². The third-order valence-corrected chi connectivity index (χ3v) is 6.56. The van der Waals surface area contributed by atoms with Gasteiger partial charge in [0, 0.05) is 36.5 Å². The molecule has 1 saturated heterocycles. The van der Waals surface area contributed by atoms with Crippen molar-refractivity contribution in [2.75, 3.05) is 13.1 Å². The number of fused-ring (bicyclic) bond motifs is 5. The summed E-state index contributed by atoms with van der Waals surface area (Å²) in [7, 11) is 0. The number of carbonyl (C=O) groups excluding carboxylic acids is 1. The van der Waals surface area contributed by atoms with Crippen LogP contribution in [-0.2, 0) is 11.2 Å². The van der Waals surface area contributed by atoms with Gasteiger partial charge in [0.1, 0.15) is 0 Å². The Bertz CT molecular complexity index is 996. The first-order valence-electron chi connectivity index (χ1n) is 10.2. The molecule has 1 amide bonds. The Kier molecular flexibility index (Phi) is 4.66. The molecule has 5 heteroatoms. The Morgan fingerprint density at radius 1 is 1.39 bits per heavy atom. The van der Waals surface area contributed by atoms with Crippen LogP contribution in [0.15, 0.2) is 30.3 Å². The van der Waals surface area contributed by atoms with Crippen LogP contribution in [0.2, 0.25) is 0 Å². The lowest BCUT2D eigenvalue weighted by atomic mass is 9.67. The van der Waals surface area contributed by atoms with Crippen LogP contribution >= 0.6 is 0 Å². The molecule has 0 radical (unpaired) electrons. The summed E-state index contributed by atoms with van der Waals surface area (Å²) in [5, 5.41) is 14.1. The third kappa shape index (κ3) is 2.71. The van der Waals surface area contributed by atoms with Crippen molar-refractivity contribution in [3.05, 3.63) is 41.6 Å². The molecule has 0 spiro atoms. The van der Waals surface area contributed by atoms with E-state index in [4.69, 9.17) is 0 Å². The van der Waals surface area contributed by atoms with Crippen LogP contribution < -0.4 is 5.32 Å². The SMILES string of the molecule is CC[C@]12C=C(C)n3c(c(CCNC(C)=O)c4ccccc43)[C@H]1N(C#N)CCC2. The number of amides is 1. The zero-order chi connectivity index (χ0) is 19.9. The molecule has 0 bridgehead atoms. The van der Waals surface area contributed by atoms with Crippen molar-refractivity contribution in [2.45, 2.75) is 52.5 Å². The molecule has 5 nitrogen and oxygen atoms in total. The van der Waals surface area contributed by atoms with Crippen molar-refractivity contribution in [1.29, 1.82) is 5.26 Å². The molecule has 0 saturated carbocycles. The van der Waals surface area contributed by atoms with E-state index in [1.165, 1.54) is 27.9 Å². The van der Waals surface area contributed by atoms with Gasteiger partial charge in [-0.15, -0.1) is 0 Å². The molecule has 2 atom stereocenters. The van der Waals surface area contributed by atoms with Gasteiger partial charge in [-0.25, -0.2) is 0 Å². The summed E-state index contributed by atoms with van der Waals surface area (Å²) in [6.45, 7) is 7.40. The van der Waals surface area contributed by atoms with E-state index in [0.717, 1.165) is 32.2 Å². The molecule has 0 unspecified atom stereocenters. The maximum absolute atomic E-state index is 11.4. The number of para-hydroxylation sites is 1. The number of benzene rings is 1. The maximum atomic E-state index is 11.4. The number of rotatable bonds is 4. The van der Waals surface area contributed by atoms with E-state index in [2.05, 4.69) is 60.3 Å². The van der Waals surface area contributed by atoms with Crippen LogP contribution in [0.25, 0.3) is 16.6 Å². The molecular formula is C23H28N4O. The zero-order valence-corrected chi connectivity index (χ0v) is 17.0.